The third-order valence-corrected chi connectivity index (χ3v) is 9.75. The molecule has 3 nitrogen and oxygen atoms in total. The van der Waals surface area contributed by atoms with Crippen LogP contribution in [0.5, 0.6) is 0 Å². The maximum Gasteiger partial charge on any atom is 0.211 e. The Morgan fingerprint density at radius 2 is 1.69 bits per heavy atom. The molecule has 0 aromatic carbocycles. The molecular weight excluding hydrogens is 476 g/mol. The summed E-state index contributed by atoms with van der Waals surface area (Å²) in [6.45, 7) is 0. The summed E-state index contributed by atoms with van der Waals surface area (Å²) < 4.78 is 11.5. The predicted molar refractivity (Wildman–Crippen MR) is 75.6 cm³/mol. The zero-order valence-corrected chi connectivity index (χ0v) is 14.9. The van der Waals surface area contributed by atoms with E-state index in [1.165, 1.54) is 0 Å². The van der Waals surface area contributed by atoms with Crippen molar-refractivity contribution >= 4 is 63.7 Å². The summed E-state index contributed by atoms with van der Waals surface area (Å²) in [4.78, 5) is 0. The quantitative estimate of drug-likeness (QED) is 0.483. The van der Waals surface area contributed by atoms with Crippen molar-refractivity contribution in [3.05, 3.63) is 8.96 Å². The molecule has 3 atom stereocenters. The van der Waals surface area contributed by atoms with Crippen molar-refractivity contribution < 1.29 is 14.6 Å². The van der Waals surface area contributed by atoms with Gasteiger partial charge in [0.1, 0.15) is 8.65 Å². The maximum absolute atomic E-state index is 10.2. The molecule has 92 valence electrons. The summed E-state index contributed by atoms with van der Waals surface area (Å²) in [6.07, 6.45) is -0.113. The Labute approximate surface area is 127 Å². The second-order valence-corrected chi connectivity index (χ2v) is 8.08. The number of methoxy groups -OCH3 is 2. The molecule has 2 bridgehead atoms. The van der Waals surface area contributed by atoms with Crippen molar-refractivity contribution in [1.29, 1.82) is 0 Å². The Morgan fingerprint density at radius 3 is 2.00 bits per heavy atom. The highest BCUT2D eigenvalue weighted by Gasteiger charge is 2.79. The van der Waals surface area contributed by atoms with Crippen LogP contribution in [0.4, 0.5) is 0 Å². The lowest BCUT2D eigenvalue weighted by molar-refractivity contribution is -0.214. The summed E-state index contributed by atoms with van der Waals surface area (Å²) in [5.74, 6) is -0.989. The molecule has 0 unspecified atom stereocenters. The van der Waals surface area contributed by atoms with E-state index in [9.17, 15) is 5.11 Å². The molecule has 0 radical (unpaired) electrons. The zero-order valence-electron chi connectivity index (χ0n) is 8.56. The standard InChI is InChI=1S/C9H10Br4O3/c1-15-9(16-2)7(12)3-4(14)8(9,13)6(11)5(7)10/h4,14H,3H2,1-2H3/t4-,7+,8-/m0/s1. The summed E-state index contributed by atoms with van der Waals surface area (Å²) in [7, 11) is 3.14. The van der Waals surface area contributed by atoms with Gasteiger partial charge in [-0.05, 0) is 0 Å². The summed E-state index contributed by atoms with van der Waals surface area (Å²) in [5, 5.41) is 10.2. The second-order valence-electron chi connectivity index (χ2n) is 3.89. The number of hydrogen-bond acceptors (Lipinski definition) is 3. The van der Waals surface area contributed by atoms with E-state index in [0.717, 1.165) is 8.96 Å². The van der Waals surface area contributed by atoms with Crippen LogP contribution in [0.1, 0.15) is 6.42 Å². The zero-order chi connectivity index (χ0) is 12.4. The maximum atomic E-state index is 10.2. The van der Waals surface area contributed by atoms with E-state index in [1.54, 1.807) is 14.2 Å². The third-order valence-electron chi connectivity index (χ3n) is 3.37. The largest absolute Gasteiger partial charge is 0.391 e. The molecule has 0 aliphatic heterocycles. The van der Waals surface area contributed by atoms with Gasteiger partial charge in [0.15, 0.2) is 0 Å². The van der Waals surface area contributed by atoms with Gasteiger partial charge in [-0.1, -0.05) is 63.7 Å². The average molecular weight is 486 g/mol. The molecule has 0 amide bonds. The number of alkyl halides is 2. The van der Waals surface area contributed by atoms with Crippen LogP contribution in [0.2, 0.25) is 0 Å². The number of aliphatic hydroxyl groups is 1. The molecule has 1 saturated carbocycles. The van der Waals surface area contributed by atoms with Crippen molar-refractivity contribution in [2.75, 3.05) is 14.2 Å². The molecule has 2 rings (SSSR count). The second kappa shape index (κ2) is 4.02. The molecule has 7 heteroatoms. The van der Waals surface area contributed by atoms with E-state index in [-0.39, 0.29) is 0 Å². The first-order valence-electron chi connectivity index (χ1n) is 4.54. The molecule has 1 fully saturated rings. The summed E-state index contributed by atoms with van der Waals surface area (Å²) >= 11 is 14.2. The van der Waals surface area contributed by atoms with Crippen LogP contribution >= 0.6 is 63.7 Å². The molecule has 2 aliphatic rings. The average Bonchev–Trinajstić information content (AvgIpc) is 2.50. The molecule has 0 spiro atoms. The van der Waals surface area contributed by atoms with Crippen LogP contribution in [0.15, 0.2) is 8.96 Å². The monoisotopic (exact) mass is 482 g/mol. The van der Waals surface area contributed by atoms with Gasteiger partial charge in [-0.25, -0.2) is 0 Å². The topological polar surface area (TPSA) is 38.7 Å². The molecule has 1 N–H and O–H groups in total. The van der Waals surface area contributed by atoms with Crippen LogP contribution < -0.4 is 0 Å². The number of aliphatic hydroxyl groups excluding tert-OH is 1. The van der Waals surface area contributed by atoms with Crippen molar-refractivity contribution in [2.45, 2.75) is 27.0 Å². The molecule has 0 heterocycles. The number of hydrogen-bond donors (Lipinski definition) is 1. The van der Waals surface area contributed by atoms with E-state index < -0.39 is 20.5 Å². The van der Waals surface area contributed by atoms with Crippen molar-refractivity contribution in [2.24, 2.45) is 0 Å². The van der Waals surface area contributed by atoms with Crippen LogP contribution in [0, 0.1) is 0 Å². The van der Waals surface area contributed by atoms with Crippen LogP contribution in [-0.2, 0) is 9.47 Å². The highest BCUT2D eigenvalue weighted by Crippen LogP contribution is 2.71. The molecule has 2 aliphatic carbocycles. The van der Waals surface area contributed by atoms with Crippen LogP contribution in [0.25, 0.3) is 0 Å². The van der Waals surface area contributed by atoms with E-state index in [2.05, 4.69) is 63.7 Å². The fourth-order valence-corrected chi connectivity index (χ4v) is 7.17. The minimum absolute atomic E-state index is 0.496. The Bertz CT molecular complexity index is 368. The fourth-order valence-electron chi connectivity index (χ4n) is 2.61. The minimum atomic E-state index is -0.989. The minimum Gasteiger partial charge on any atom is -0.391 e. The van der Waals surface area contributed by atoms with Crippen LogP contribution in [0.3, 0.4) is 0 Å². The van der Waals surface area contributed by atoms with Gasteiger partial charge in [-0.2, -0.15) is 0 Å². The first kappa shape index (κ1) is 14.0. The summed E-state index contributed by atoms with van der Waals surface area (Å²) in [5.41, 5.74) is 0. The smallest absolute Gasteiger partial charge is 0.211 e. The van der Waals surface area contributed by atoms with E-state index in [1.807, 2.05) is 0 Å². The fraction of sp³-hybridized carbons (Fsp3) is 0.778. The van der Waals surface area contributed by atoms with Crippen molar-refractivity contribution in [3.8, 4) is 0 Å². The number of halogens is 4. The SMILES string of the molecule is COC1(OC)[C@@]2(Br)C[C@H](O)[C@]1(Br)C(Br)=C2Br. The first-order chi connectivity index (χ1) is 7.31. The Hall–Kier alpha value is 1.54. The van der Waals surface area contributed by atoms with Gasteiger partial charge < -0.3 is 14.6 Å². The molecular formula is C9H10Br4O3. The van der Waals surface area contributed by atoms with Gasteiger partial charge in [0.2, 0.25) is 5.79 Å². The number of ether oxygens (including phenoxy) is 2. The highest BCUT2D eigenvalue weighted by atomic mass is 79.9. The molecule has 0 aromatic heterocycles. The first-order valence-corrected chi connectivity index (χ1v) is 7.71. The van der Waals surface area contributed by atoms with Gasteiger partial charge in [0, 0.05) is 29.6 Å². The van der Waals surface area contributed by atoms with Gasteiger partial charge >= 0.3 is 0 Å². The number of rotatable bonds is 2. The molecule has 0 saturated heterocycles. The van der Waals surface area contributed by atoms with Gasteiger partial charge in [0.05, 0.1) is 6.10 Å². The van der Waals surface area contributed by atoms with Crippen LogP contribution in [-0.4, -0.2) is 39.9 Å². The normalized spacial score (nSPS) is 45.6. The summed E-state index contributed by atoms with van der Waals surface area (Å²) in [6, 6.07) is 0. The number of fused-ring (bicyclic) bond motifs is 2. The molecule has 16 heavy (non-hydrogen) atoms. The van der Waals surface area contributed by atoms with Gasteiger partial charge in [-0.15, -0.1) is 0 Å². The Kier molecular flexibility index (Phi) is 3.50. The Balaban J connectivity index is 2.70. The Morgan fingerprint density at radius 1 is 1.19 bits per heavy atom. The highest BCUT2D eigenvalue weighted by molar-refractivity contribution is 9.16. The lowest BCUT2D eigenvalue weighted by atomic mass is 10.0. The lowest BCUT2D eigenvalue weighted by Gasteiger charge is -2.41. The van der Waals surface area contributed by atoms with Gasteiger partial charge in [-0.3, -0.25) is 0 Å². The molecule has 0 aromatic rings. The lowest BCUT2D eigenvalue weighted by Crippen LogP contribution is -2.57. The van der Waals surface area contributed by atoms with Crippen molar-refractivity contribution in [3.63, 3.8) is 0 Å². The third kappa shape index (κ3) is 1.19. The van der Waals surface area contributed by atoms with Crippen molar-refractivity contribution in [1.82, 2.24) is 0 Å². The van der Waals surface area contributed by atoms with Gasteiger partial charge in [0.25, 0.3) is 0 Å². The predicted octanol–water partition coefficient (Wildman–Crippen LogP) is 3.02. The van der Waals surface area contributed by atoms with E-state index in [0.29, 0.717) is 6.42 Å². The van der Waals surface area contributed by atoms with E-state index in [4.69, 9.17) is 9.47 Å². The van der Waals surface area contributed by atoms with E-state index >= 15 is 0 Å².